The molecule has 9 rings (SSSR count). The van der Waals surface area contributed by atoms with E-state index >= 15 is 0 Å². The van der Waals surface area contributed by atoms with E-state index in [1.165, 1.54) is 32.7 Å². The van der Waals surface area contributed by atoms with Crippen LogP contribution >= 0.6 is 0 Å². The number of rotatable bonds is 6. The molecule has 0 aliphatic heterocycles. The van der Waals surface area contributed by atoms with Crippen LogP contribution in [0.4, 0.5) is 17.1 Å². The molecular weight excluding hydrogens is 585 g/mol. The summed E-state index contributed by atoms with van der Waals surface area (Å²) in [5.74, 6) is 0.626. The van der Waals surface area contributed by atoms with Crippen molar-refractivity contribution >= 4 is 49.7 Å². The Bertz CT molecular complexity index is 2550. The van der Waals surface area contributed by atoms with Gasteiger partial charge in [-0.2, -0.15) is 0 Å². The van der Waals surface area contributed by atoms with E-state index < -0.39 is 0 Å². The SMILES string of the molecule is c1ccc(-c2ccc(N(c3ccc(-c4cccc5nc(-c6ccc7ccccc7c6)oc45)cc3)c3ccc4ccccc4c3)cc2)cc1. The van der Waals surface area contributed by atoms with Gasteiger partial charge in [-0.1, -0.05) is 127 Å². The van der Waals surface area contributed by atoms with Crippen molar-refractivity contribution in [1.29, 1.82) is 0 Å². The average Bonchev–Trinajstić information content (AvgIpc) is 3.61. The van der Waals surface area contributed by atoms with Gasteiger partial charge in [0.2, 0.25) is 5.89 Å². The van der Waals surface area contributed by atoms with Crippen LogP contribution in [-0.4, -0.2) is 4.98 Å². The van der Waals surface area contributed by atoms with Crippen molar-refractivity contribution in [2.45, 2.75) is 0 Å². The van der Waals surface area contributed by atoms with Crippen LogP contribution in [0.1, 0.15) is 0 Å². The number of anilines is 3. The second-order valence-corrected chi connectivity index (χ2v) is 12.1. The lowest BCUT2D eigenvalue weighted by Gasteiger charge is -2.26. The number of para-hydroxylation sites is 1. The highest BCUT2D eigenvalue weighted by Crippen LogP contribution is 2.39. The Morgan fingerprint density at radius 3 is 1.62 bits per heavy atom. The zero-order valence-corrected chi connectivity index (χ0v) is 26.1. The molecule has 0 amide bonds. The van der Waals surface area contributed by atoms with E-state index in [1.807, 2.05) is 12.1 Å². The van der Waals surface area contributed by atoms with Crippen molar-refractivity contribution in [2.75, 3.05) is 4.90 Å². The summed E-state index contributed by atoms with van der Waals surface area (Å²) in [6, 6.07) is 64.1. The molecule has 3 nitrogen and oxygen atoms in total. The molecule has 0 bridgehead atoms. The Hall–Kier alpha value is -6.45. The standard InChI is InChI=1S/C45H30N2O/c1-2-9-31(10-3-1)34-19-24-39(25-20-34)47(41-28-21-33-12-5-7-14-37(33)30-41)40-26-22-35(23-27-40)42-15-8-16-43-44(42)48-45(46-43)38-18-17-32-11-4-6-13-36(32)29-38/h1-30H. The molecule has 1 heterocycles. The Morgan fingerprint density at radius 2 is 0.917 bits per heavy atom. The van der Waals surface area contributed by atoms with Crippen LogP contribution < -0.4 is 4.90 Å². The molecule has 0 atom stereocenters. The second-order valence-electron chi connectivity index (χ2n) is 12.1. The van der Waals surface area contributed by atoms with Crippen molar-refractivity contribution in [3.8, 4) is 33.7 Å². The summed E-state index contributed by atoms with van der Waals surface area (Å²) in [7, 11) is 0. The molecule has 1 aromatic heterocycles. The molecule has 0 saturated heterocycles. The van der Waals surface area contributed by atoms with Crippen molar-refractivity contribution in [1.82, 2.24) is 4.98 Å². The third kappa shape index (κ3) is 5.08. The molecule has 9 aromatic rings. The number of nitrogens with zero attached hydrogens (tertiary/aromatic N) is 2. The average molecular weight is 615 g/mol. The topological polar surface area (TPSA) is 29.3 Å². The highest BCUT2D eigenvalue weighted by Gasteiger charge is 2.16. The summed E-state index contributed by atoms with van der Waals surface area (Å²) < 4.78 is 6.47. The van der Waals surface area contributed by atoms with Gasteiger partial charge in [-0.3, -0.25) is 0 Å². The predicted octanol–water partition coefficient (Wildman–Crippen LogP) is 12.6. The van der Waals surface area contributed by atoms with Gasteiger partial charge in [0, 0.05) is 28.2 Å². The van der Waals surface area contributed by atoms with Crippen LogP contribution in [-0.2, 0) is 0 Å². The van der Waals surface area contributed by atoms with Gasteiger partial charge < -0.3 is 9.32 Å². The van der Waals surface area contributed by atoms with Crippen LogP contribution in [0, 0.1) is 0 Å². The largest absolute Gasteiger partial charge is 0.435 e. The second kappa shape index (κ2) is 11.7. The molecular formula is C45H30N2O. The van der Waals surface area contributed by atoms with E-state index in [0.717, 1.165) is 44.9 Å². The molecule has 0 aliphatic rings. The number of benzene rings is 8. The fourth-order valence-corrected chi connectivity index (χ4v) is 6.61. The van der Waals surface area contributed by atoms with E-state index in [0.29, 0.717) is 5.89 Å². The summed E-state index contributed by atoms with van der Waals surface area (Å²) in [6.45, 7) is 0. The van der Waals surface area contributed by atoms with Gasteiger partial charge >= 0.3 is 0 Å². The van der Waals surface area contributed by atoms with E-state index in [4.69, 9.17) is 9.40 Å². The molecule has 8 aromatic carbocycles. The highest BCUT2D eigenvalue weighted by atomic mass is 16.3. The molecule has 0 spiro atoms. The molecule has 3 heteroatoms. The molecule has 0 aliphatic carbocycles. The third-order valence-corrected chi connectivity index (χ3v) is 9.07. The first-order valence-electron chi connectivity index (χ1n) is 16.2. The van der Waals surface area contributed by atoms with Crippen LogP contribution in [0.5, 0.6) is 0 Å². The van der Waals surface area contributed by atoms with Crippen LogP contribution in [0.25, 0.3) is 66.4 Å². The molecule has 0 fully saturated rings. The molecule has 0 N–H and O–H groups in total. The Balaban J connectivity index is 1.10. The molecule has 48 heavy (non-hydrogen) atoms. The first-order valence-corrected chi connectivity index (χ1v) is 16.2. The number of hydrogen-bond acceptors (Lipinski definition) is 3. The number of oxazole rings is 1. The first kappa shape index (κ1) is 27.8. The third-order valence-electron chi connectivity index (χ3n) is 9.07. The lowest BCUT2D eigenvalue weighted by molar-refractivity contribution is 0.621. The van der Waals surface area contributed by atoms with Crippen molar-refractivity contribution in [3.63, 3.8) is 0 Å². The monoisotopic (exact) mass is 614 g/mol. The minimum Gasteiger partial charge on any atom is -0.435 e. The van der Waals surface area contributed by atoms with Gasteiger partial charge in [-0.25, -0.2) is 4.98 Å². The molecule has 0 unspecified atom stereocenters. The minimum atomic E-state index is 0.626. The van der Waals surface area contributed by atoms with Gasteiger partial charge in [-0.05, 0) is 92.8 Å². The molecule has 0 saturated carbocycles. The van der Waals surface area contributed by atoms with Gasteiger partial charge in [0.05, 0.1) is 0 Å². The maximum Gasteiger partial charge on any atom is 0.227 e. The van der Waals surface area contributed by atoms with E-state index in [9.17, 15) is 0 Å². The first-order chi connectivity index (χ1) is 23.8. The summed E-state index contributed by atoms with van der Waals surface area (Å²) in [6.07, 6.45) is 0. The minimum absolute atomic E-state index is 0.626. The summed E-state index contributed by atoms with van der Waals surface area (Å²) >= 11 is 0. The van der Waals surface area contributed by atoms with E-state index in [-0.39, 0.29) is 0 Å². The number of hydrogen-bond donors (Lipinski definition) is 0. The Morgan fingerprint density at radius 1 is 0.375 bits per heavy atom. The van der Waals surface area contributed by atoms with Crippen molar-refractivity contribution in [2.24, 2.45) is 0 Å². The zero-order chi connectivity index (χ0) is 31.9. The lowest BCUT2D eigenvalue weighted by atomic mass is 10.0. The summed E-state index contributed by atoms with van der Waals surface area (Å²) in [5, 5.41) is 4.79. The Labute approximate surface area is 279 Å². The molecule has 226 valence electrons. The predicted molar refractivity (Wildman–Crippen MR) is 200 cm³/mol. The van der Waals surface area contributed by atoms with Crippen LogP contribution in [0.3, 0.4) is 0 Å². The fraction of sp³-hybridized carbons (Fsp3) is 0. The highest BCUT2D eigenvalue weighted by molar-refractivity contribution is 5.94. The smallest absolute Gasteiger partial charge is 0.227 e. The van der Waals surface area contributed by atoms with Gasteiger partial charge in [0.25, 0.3) is 0 Å². The van der Waals surface area contributed by atoms with Crippen LogP contribution in [0.2, 0.25) is 0 Å². The maximum absolute atomic E-state index is 6.47. The van der Waals surface area contributed by atoms with Gasteiger partial charge in [0.1, 0.15) is 5.52 Å². The van der Waals surface area contributed by atoms with Gasteiger partial charge in [0.15, 0.2) is 5.58 Å². The fourth-order valence-electron chi connectivity index (χ4n) is 6.61. The van der Waals surface area contributed by atoms with Gasteiger partial charge in [-0.15, -0.1) is 0 Å². The normalized spacial score (nSPS) is 11.3. The lowest BCUT2D eigenvalue weighted by Crippen LogP contribution is -2.09. The molecule has 0 radical (unpaired) electrons. The van der Waals surface area contributed by atoms with E-state index in [2.05, 4.69) is 175 Å². The van der Waals surface area contributed by atoms with E-state index in [1.54, 1.807) is 0 Å². The zero-order valence-electron chi connectivity index (χ0n) is 26.1. The Kier molecular flexibility index (Phi) is 6.80. The van der Waals surface area contributed by atoms with Crippen molar-refractivity contribution < 1.29 is 4.42 Å². The number of aromatic nitrogens is 1. The summed E-state index contributed by atoms with van der Waals surface area (Å²) in [4.78, 5) is 7.20. The quantitative estimate of drug-likeness (QED) is 0.187. The number of fused-ring (bicyclic) bond motifs is 3. The summed E-state index contributed by atoms with van der Waals surface area (Å²) in [5.41, 5.74) is 10.4. The van der Waals surface area contributed by atoms with Crippen LogP contribution in [0.15, 0.2) is 186 Å². The maximum atomic E-state index is 6.47. The van der Waals surface area contributed by atoms with Crippen molar-refractivity contribution in [3.05, 3.63) is 182 Å².